The zero-order valence-corrected chi connectivity index (χ0v) is 17.4. The van der Waals surface area contributed by atoms with Gasteiger partial charge in [-0.2, -0.15) is 0 Å². The zero-order valence-electron chi connectivity index (χ0n) is 15.0. The Hall–Kier alpha value is -2.17. The van der Waals surface area contributed by atoms with Gasteiger partial charge in [-0.15, -0.1) is 0 Å². The van der Waals surface area contributed by atoms with Gasteiger partial charge in [0, 0.05) is 6.54 Å². The summed E-state index contributed by atoms with van der Waals surface area (Å²) in [5.74, 6) is 1.43. The molecular weight excluding hydrogens is 426 g/mol. The topological polar surface area (TPSA) is 30.5 Å². The summed E-state index contributed by atoms with van der Waals surface area (Å²) in [6, 6.07) is 21.8. The van der Waals surface area contributed by atoms with Crippen molar-refractivity contribution in [1.82, 2.24) is 0 Å². The van der Waals surface area contributed by atoms with Crippen LogP contribution >= 0.6 is 27.5 Å². The molecule has 0 spiro atoms. The van der Waals surface area contributed by atoms with Crippen LogP contribution in [0.3, 0.4) is 0 Å². The Bertz CT molecular complexity index is 887. The number of para-hydroxylation sites is 1. The standard InChI is InChI=1S/C22H21BrClNO2/c1-2-26-21-13-17(14-25-20-11-7-6-10-19(20)24)12-18(23)22(21)27-15-16-8-4-3-5-9-16/h3-13,25H,2,14-15H2,1H3. The van der Waals surface area contributed by atoms with Gasteiger partial charge < -0.3 is 14.8 Å². The van der Waals surface area contributed by atoms with E-state index in [0.717, 1.165) is 27.0 Å². The molecule has 3 rings (SSSR count). The minimum absolute atomic E-state index is 0.483. The SMILES string of the molecule is CCOc1cc(CNc2ccccc2Cl)cc(Br)c1OCc1ccccc1. The summed E-state index contributed by atoms with van der Waals surface area (Å²) in [4.78, 5) is 0. The van der Waals surface area contributed by atoms with Crippen molar-refractivity contribution in [3.05, 3.63) is 87.4 Å². The Kier molecular flexibility index (Phi) is 7.02. The van der Waals surface area contributed by atoms with Gasteiger partial charge in [-0.1, -0.05) is 54.1 Å². The molecule has 0 radical (unpaired) electrons. The van der Waals surface area contributed by atoms with Crippen molar-refractivity contribution in [2.24, 2.45) is 0 Å². The van der Waals surface area contributed by atoms with Gasteiger partial charge in [0.05, 0.1) is 21.8 Å². The van der Waals surface area contributed by atoms with E-state index in [9.17, 15) is 0 Å². The number of hydrogen-bond acceptors (Lipinski definition) is 3. The highest BCUT2D eigenvalue weighted by molar-refractivity contribution is 9.10. The lowest BCUT2D eigenvalue weighted by Crippen LogP contribution is -2.04. The maximum atomic E-state index is 6.21. The second-order valence-corrected chi connectivity index (χ2v) is 7.21. The molecule has 0 saturated carbocycles. The Labute approximate surface area is 173 Å². The molecule has 0 saturated heterocycles. The molecule has 0 bridgehead atoms. The van der Waals surface area contributed by atoms with Crippen molar-refractivity contribution in [3.8, 4) is 11.5 Å². The van der Waals surface area contributed by atoms with Gasteiger partial charge in [0.15, 0.2) is 11.5 Å². The Morgan fingerprint density at radius 1 is 0.926 bits per heavy atom. The van der Waals surface area contributed by atoms with Crippen molar-refractivity contribution in [2.45, 2.75) is 20.1 Å². The second kappa shape index (κ2) is 9.67. The van der Waals surface area contributed by atoms with E-state index in [2.05, 4.69) is 21.2 Å². The fourth-order valence-electron chi connectivity index (χ4n) is 2.66. The van der Waals surface area contributed by atoms with Crippen LogP contribution in [0, 0.1) is 0 Å². The lowest BCUT2D eigenvalue weighted by atomic mass is 10.2. The maximum absolute atomic E-state index is 6.21. The molecule has 0 atom stereocenters. The van der Waals surface area contributed by atoms with Gasteiger partial charge in [-0.3, -0.25) is 0 Å². The van der Waals surface area contributed by atoms with Gasteiger partial charge in [0.2, 0.25) is 0 Å². The Morgan fingerprint density at radius 2 is 1.67 bits per heavy atom. The fourth-order valence-corrected chi connectivity index (χ4v) is 3.46. The number of rotatable bonds is 8. The summed E-state index contributed by atoms with van der Waals surface area (Å²) in [5.41, 5.74) is 3.08. The molecule has 1 N–H and O–H groups in total. The molecule has 0 fully saturated rings. The van der Waals surface area contributed by atoms with Crippen molar-refractivity contribution in [3.63, 3.8) is 0 Å². The molecule has 0 aliphatic heterocycles. The van der Waals surface area contributed by atoms with Crippen molar-refractivity contribution in [2.75, 3.05) is 11.9 Å². The Morgan fingerprint density at radius 3 is 2.41 bits per heavy atom. The van der Waals surface area contributed by atoms with Gasteiger partial charge in [-0.25, -0.2) is 0 Å². The molecule has 140 valence electrons. The van der Waals surface area contributed by atoms with Crippen LogP contribution in [0.5, 0.6) is 11.5 Å². The van der Waals surface area contributed by atoms with Crippen LogP contribution < -0.4 is 14.8 Å². The fraction of sp³-hybridized carbons (Fsp3) is 0.182. The van der Waals surface area contributed by atoms with Crippen molar-refractivity contribution < 1.29 is 9.47 Å². The predicted molar refractivity (Wildman–Crippen MR) is 115 cm³/mol. The lowest BCUT2D eigenvalue weighted by molar-refractivity contribution is 0.267. The normalized spacial score (nSPS) is 10.5. The smallest absolute Gasteiger partial charge is 0.175 e. The second-order valence-electron chi connectivity index (χ2n) is 5.95. The minimum atomic E-state index is 0.483. The van der Waals surface area contributed by atoms with Gasteiger partial charge in [0.1, 0.15) is 6.61 Å². The largest absolute Gasteiger partial charge is 0.490 e. The molecular formula is C22H21BrClNO2. The number of halogens is 2. The first-order chi connectivity index (χ1) is 13.2. The van der Waals surface area contributed by atoms with Crippen LogP contribution in [-0.2, 0) is 13.2 Å². The van der Waals surface area contributed by atoms with Gasteiger partial charge in [-0.05, 0) is 58.2 Å². The van der Waals surface area contributed by atoms with E-state index in [0.29, 0.717) is 30.5 Å². The molecule has 5 heteroatoms. The summed E-state index contributed by atoms with van der Waals surface area (Å²) in [6.07, 6.45) is 0. The molecule has 0 aliphatic carbocycles. The van der Waals surface area contributed by atoms with Gasteiger partial charge in [0.25, 0.3) is 0 Å². The average molecular weight is 447 g/mol. The molecule has 3 aromatic rings. The van der Waals surface area contributed by atoms with Crippen LogP contribution in [0.4, 0.5) is 5.69 Å². The number of nitrogens with one attached hydrogen (secondary N) is 1. The molecule has 0 amide bonds. The summed E-state index contributed by atoms with van der Waals surface area (Å²) in [7, 11) is 0. The third kappa shape index (κ3) is 5.41. The first-order valence-corrected chi connectivity index (χ1v) is 9.95. The highest BCUT2D eigenvalue weighted by Crippen LogP contribution is 2.37. The Balaban J connectivity index is 1.76. The van der Waals surface area contributed by atoms with Crippen molar-refractivity contribution in [1.29, 1.82) is 0 Å². The average Bonchev–Trinajstić information content (AvgIpc) is 2.68. The first kappa shape index (κ1) is 19.6. The van der Waals surface area contributed by atoms with Crippen molar-refractivity contribution >= 4 is 33.2 Å². The van der Waals surface area contributed by atoms with E-state index in [1.54, 1.807) is 0 Å². The third-order valence-corrected chi connectivity index (χ3v) is 4.87. The first-order valence-electron chi connectivity index (χ1n) is 8.77. The van der Waals surface area contributed by atoms with E-state index in [-0.39, 0.29) is 0 Å². The van der Waals surface area contributed by atoms with E-state index >= 15 is 0 Å². The highest BCUT2D eigenvalue weighted by atomic mass is 79.9. The number of anilines is 1. The molecule has 0 aromatic heterocycles. The number of hydrogen-bond donors (Lipinski definition) is 1. The summed E-state index contributed by atoms with van der Waals surface area (Å²) in [5, 5.41) is 4.05. The maximum Gasteiger partial charge on any atom is 0.175 e. The number of benzene rings is 3. The van der Waals surface area contributed by atoms with Gasteiger partial charge >= 0.3 is 0 Å². The zero-order chi connectivity index (χ0) is 19.1. The number of ether oxygens (including phenoxy) is 2. The monoisotopic (exact) mass is 445 g/mol. The van der Waals surface area contributed by atoms with E-state index in [1.807, 2.05) is 73.7 Å². The van der Waals surface area contributed by atoms with E-state index in [4.69, 9.17) is 21.1 Å². The van der Waals surface area contributed by atoms with E-state index < -0.39 is 0 Å². The molecule has 3 nitrogen and oxygen atoms in total. The third-order valence-electron chi connectivity index (χ3n) is 3.95. The quantitative estimate of drug-likeness (QED) is 0.418. The molecule has 0 aliphatic rings. The molecule has 27 heavy (non-hydrogen) atoms. The molecule has 0 heterocycles. The summed E-state index contributed by atoms with van der Waals surface area (Å²) >= 11 is 9.83. The molecule has 3 aromatic carbocycles. The van der Waals surface area contributed by atoms with Crippen LogP contribution in [0.25, 0.3) is 0 Å². The summed E-state index contributed by atoms with van der Waals surface area (Å²) in [6.45, 7) is 3.64. The van der Waals surface area contributed by atoms with Crippen LogP contribution in [-0.4, -0.2) is 6.61 Å². The summed E-state index contributed by atoms with van der Waals surface area (Å²) < 4.78 is 12.7. The van der Waals surface area contributed by atoms with Crippen LogP contribution in [0.2, 0.25) is 5.02 Å². The molecule has 0 unspecified atom stereocenters. The van der Waals surface area contributed by atoms with E-state index in [1.165, 1.54) is 0 Å². The minimum Gasteiger partial charge on any atom is -0.490 e. The highest BCUT2D eigenvalue weighted by Gasteiger charge is 2.13. The van der Waals surface area contributed by atoms with Crippen LogP contribution in [0.15, 0.2) is 71.2 Å². The lowest BCUT2D eigenvalue weighted by Gasteiger charge is -2.16. The van der Waals surface area contributed by atoms with Crippen LogP contribution in [0.1, 0.15) is 18.1 Å². The predicted octanol–water partition coefficient (Wildman–Crippen LogP) is 6.69.